The van der Waals surface area contributed by atoms with Crippen LogP contribution in [0.4, 0.5) is 4.39 Å². The van der Waals surface area contributed by atoms with E-state index >= 15 is 0 Å². The fraction of sp³-hybridized carbons (Fsp3) is 0.211. The third-order valence-corrected chi connectivity index (χ3v) is 5.16. The fourth-order valence-corrected chi connectivity index (χ4v) is 3.53. The van der Waals surface area contributed by atoms with Crippen LogP contribution in [0, 0.1) is 5.82 Å². The monoisotopic (exact) mass is 327 g/mol. The number of carbonyl (C=O) groups excluding carboxylic acids is 1. The summed E-state index contributed by atoms with van der Waals surface area (Å²) >= 11 is 1.58. The third-order valence-electron chi connectivity index (χ3n) is 3.89. The number of ketones is 1. The first-order valence-electron chi connectivity index (χ1n) is 7.54. The van der Waals surface area contributed by atoms with E-state index in [9.17, 15) is 9.18 Å². The highest BCUT2D eigenvalue weighted by molar-refractivity contribution is 8.00. The summed E-state index contributed by atoms with van der Waals surface area (Å²) in [6, 6.07) is 14.7. The van der Waals surface area contributed by atoms with Gasteiger partial charge in [-0.3, -0.25) is 4.79 Å². The number of aromatic nitrogens is 1. The number of Topliss-reactive ketones (excluding diaryl/α,β-unsaturated/α-hetero) is 1. The molecule has 2 nitrogen and oxygen atoms in total. The molecule has 0 fully saturated rings. The first kappa shape index (κ1) is 15.8. The van der Waals surface area contributed by atoms with Crippen molar-refractivity contribution in [2.75, 3.05) is 0 Å². The molecule has 2 aromatic carbocycles. The molecule has 0 aliphatic rings. The minimum absolute atomic E-state index is 0.0694. The lowest BCUT2D eigenvalue weighted by atomic mass is 10.2. The van der Waals surface area contributed by atoms with Crippen molar-refractivity contribution in [1.82, 2.24) is 4.57 Å². The molecule has 0 spiro atoms. The second-order valence-electron chi connectivity index (χ2n) is 5.64. The van der Waals surface area contributed by atoms with Gasteiger partial charge in [0.1, 0.15) is 11.6 Å². The van der Waals surface area contributed by atoms with E-state index in [0.29, 0.717) is 6.54 Å². The van der Waals surface area contributed by atoms with Crippen LogP contribution in [0.2, 0.25) is 0 Å². The summed E-state index contributed by atoms with van der Waals surface area (Å²) in [5.41, 5.74) is 2.17. The number of hydrogen-bond acceptors (Lipinski definition) is 2. The molecule has 4 heteroatoms. The number of rotatable bonds is 5. The number of fused-ring (bicyclic) bond motifs is 1. The summed E-state index contributed by atoms with van der Waals surface area (Å²) < 4.78 is 15.2. The van der Waals surface area contributed by atoms with Gasteiger partial charge in [0.2, 0.25) is 0 Å². The Balaban J connectivity index is 1.97. The van der Waals surface area contributed by atoms with Crippen LogP contribution in [-0.2, 0) is 11.3 Å². The van der Waals surface area contributed by atoms with Crippen molar-refractivity contribution in [2.45, 2.75) is 30.5 Å². The Kier molecular flexibility index (Phi) is 4.53. The van der Waals surface area contributed by atoms with Crippen molar-refractivity contribution in [3.05, 3.63) is 66.1 Å². The van der Waals surface area contributed by atoms with Crippen molar-refractivity contribution in [2.24, 2.45) is 0 Å². The van der Waals surface area contributed by atoms with E-state index in [1.807, 2.05) is 19.1 Å². The molecular formula is C19H18FNOS. The van der Waals surface area contributed by atoms with Crippen LogP contribution in [0.3, 0.4) is 0 Å². The van der Waals surface area contributed by atoms with Crippen molar-refractivity contribution >= 4 is 28.4 Å². The zero-order valence-corrected chi connectivity index (χ0v) is 13.9. The first-order valence-corrected chi connectivity index (χ1v) is 8.42. The van der Waals surface area contributed by atoms with Crippen molar-refractivity contribution in [3.63, 3.8) is 0 Å². The maximum Gasteiger partial charge on any atom is 0.142 e. The standard InChI is InChI=1S/C19H18FNOS/c1-13(22)14(2)23-19-12-21(18-6-4-3-5-17(18)19)11-15-7-9-16(20)10-8-15/h3-10,12,14H,11H2,1-2H3. The molecule has 0 saturated heterocycles. The van der Waals surface area contributed by atoms with Gasteiger partial charge >= 0.3 is 0 Å². The van der Waals surface area contributed by atoms with Crippen molar-refractivity contribution in [3.8, 4) is 0 Å². The summed E-state index contributed by atoms with van der Waals surface area (Å²) in [6.45, 7) is 4.23. The van der Waals surface area contributed by atoms with E-state index in [2.05, 4.69) is 22.9 Å². The molecule has 0 N–H and O–H groups in total. The molecule has 0 bridgehead atoms. The second kappa shape index (κ2) is 6.59. The summed E-state index contributed by atoms with van der Waals surface area (Å²) in [5.74, 6) is -0.0528. The van der Waals surface area contributed by atoms with Crippen LogP contribution in [0.5, 0.6) is 0 Å². The van der Waals surface area contributed by atoms with Crippen molar-refractivity contribution < 1.29 is 9.18 Å². The molecule has 1 atom stereocenters. The number of benzene rings is 2. The van der Waals surface area contributed by atoms with Crippen LogP contribution >= 0.6 is 11.8 Å². The van der Waals surface area contributed by atoms with Gasteiger partial charge in [-0.15, -0.1) is 11.8 Å². The topological polar surface area (TPSA) is 22.0 Å². The highest BCUT2D eigenvalue weighted by Crippen LogP contribution is 2.33. The highest BCUT2D eigenvalue weighted by atomic mass is 32.2. The quantitative estimate of drug-likeness (QED) is 0.622. The molecular weight excluding hydrogens is 309 g/mol. The lowest BCUT2D eigenvalue weighted by Gasteiger charge is -2.06. The average Bonchev–Trinajstić information content (AvgIpc) is 2.88. The van der Waals surface area contributed by atoms with Gasteiger partial charge in [0.15, 0.2) is 0 Å². The third kappa shape index (κ3) is 3.48. The molecule has 118 valence electrons. The molecule has 0 aliphatic carbocycles. The van der Waals surface area contributed by atoms with E-state index in [1.165, 1.54) is 12.1 Å². The minimum Gasteiger partial charge on any atom is -0.342 e. The van der Waals surface area contributed by atoms with E-state index in [1.54, 1.807) is 30.8 Å². The van der Waals surface area contributed by atoms with Crippen LogP contribution in [0.25, 0.3) is 10.9 Å². The zero-order valence-electron chi connectivity index (χ0n) is 13.1. The van der Waals surface area contributed by atoms with Gasteiger partial charge in [0.05, 0.1) is 5.25 Å². The number of thioether (sulfide) groups is 1. The van der Waals surface area contributed by atoms with Gasteiger partial charge in [0.25, 0.3) is 0 Å². The molecule has 0 radical (unpaired) electrons. The molecule has 23 heavy (non-hydrogen) atoms. The van der Waals surface area contributed by atoms with E-state index in [-0.39, 0.29) is 16.9 Å². The normalized spacial score (nSPS) is 12.5. The molecule has 0 amide bonds. The number of hydrogen-bond donors (Lipinski definition) is 0. The Morgan fingerprint density at radius 1 is 1.17 bits per heavy atom. The van der Waals surface area contributed by atoms with Gasteiger partial charge < -0.3 is 4.57 Å². The van der Waals surface area contributed by atoms with E-state index in [0.717, 1.165) is 21.4 Å². The SMILES string of the molecule is CC(=O)C(C)Sc1cn(Cc2ccc(F)cc2)c2ccccc12. The summed E-state index contributed by atoms with van der Waals surface area (Å²) in [7, 11) is 0. The molecule has 0 saturated carbocycles. The van der Waals surface area contributed by atoms with Gasteiger partial charge in [-0.1, -0.05) is 30.3 Å². The number of halogens is 1. The van der Waals surface area contributed by atoms with Crippen molar-refractivity contribution in [1.29, 1.82) is 0 Å². The Hall–Kier alpha value is -2.07. The smallest absolute Gasteiger partial charge is 0.142 e. The number of carbonyl (C=O) groups is 1. The maximum atomic E-state index is 13.1. The Bertz CT molecular complexity index is 838. The maximum absolute atomic E-state index is 13.1. The Morgan fingerprint density at radius 3 is 2.57 bits per heavy atom. The lowest BCUT2D eigenvalue weighted by molar-refractivity contribution is -0.116. The second-order valence-corrected chi connectivity index (χ2v) is 7.02. The Morgan fingerprint density at radius 2 is 1.87 bits per heavy atom. The van der Waals surface area contributed by atoms with Crippen LogP contribution in [0.15, 0.2) is 59.6 Å². The minimum atomic E-state index is -0.224. The predicted molar refractivity (Wildman–Crippen MR) is 93.4 cm³/mol. The van der Waals surface area contributed by atoms with Gasteiger partial charge in [0, 0.05) is 28.5 Å². The van der Waals surface area contributed by atoms with Gasteiger partial charge in [-0.05, 0) is 37.6 Å². The summed E-state index contributed by atoms with van der Waals surface area (Å²) in [6.07, 6.45) is 2.08. The fourth-order valence-electron chi connectivity index (χ4n) is 2.50. The van der Waals surface area contributed by atoms with Gasteiger partial charge in [-0.2, -0.15) is 0 Å². The molecule has 3 rings (SSSR count). The predicted octanol–water partition coefficient (Wildman–Crippen LogP) is 4.90. The zero-order chi connectivity index (χ0) is 16.4. The molecule has 3 aromatic rings. The molecule has 0 aliphatic heterocycles. The molecule has 1 aromatic heterocycles. The Labute approximate surface area is 139 Å². The largest absolute Gasteiger partial charge is 0.342 e. The first-order chi connectivity index (χ1) is 11.0. The lowest BCUT2D eigenvalue weighted by Crippen LogP contribution is -2.07. The van der Waals surface area contributed by atoms with Crippen LogP contribution in [0.1, 0.15) is 19.4 Å². The van der Waals surface area contributed by atoms with E-state index in [4.69, 9.17) is 0 Å². The van der Waals surface area contributed by atoms with Crippen LogP contribution in [-0.4, -0.2) is 15.6 Å². The average molecular weight is 327 g/mol. The van der Waals surface area contributed by atoms with Gasteiger partial charge in [-0.25, -0.2) is 4.39 Å². The van der Waals surface area contributed by atoms with Crippen LogP contribution < -0.4 is 0 Å². The molecule has 1 unspecified atom stereocenters. The summed E-state index contributed by atoms with van der Waals surface area (Å²) in [4.78, 5) is 12.7. The number of nitrogens with zero attached hydrogens (tertiary/aromatic N) is 1. The highest BCUT2D eigenvalue weighted by Gasteiger charge is 2.14. The molecule has 1 heterocycles. The summed E-state index contributed by atoms with van der Waals surface area (Å²) in [5, 5.41) is 1.08. The number of para-hydroxylation sites is 1. The van der Waals surface area contributed by atoms with E-state index < -0.39 is 0 Å².